The molecule has 0 bridgehead atoms. The van der Waals surface area contributed by atoms with E-state index in [9.17, 15) is 58.3 Å². The molecule has 0 spiro atoms. The minimum absolute atomic E-state index is 0.00486. The number of phenols is 1. The zero-order valence-electron chi connectivity index (χ0n) is 27.7. The van der Waals surface area contributed by atoms with Gasteiger partial charge in [0, 0.05) is 28.6 Å². The Bertz CT molecular complexity index is 2240. The Balaban J connectivity index is 1.58. The average Bonchev–Trinajstić information content (AvgIpc) is 3.06. The van der Waals surface area contributed by atoms with Crippen LogP contribution in [0.5, 0.6) is 17.2 Å². The van der Waals surface area contributed by atoms with Gasteiger partial charge < -0.3 is 49.2 Å². The molecule has 53 heavy (non-hydrogen) atoms. The van der Waals surface area contributed by atoms with Crippen molar-refractivity contribution in [2.45, 2.75) is 6.92 Å². The third kappa shape index (κ3) is 8.70. The molecule has 1 aliphatic heterocycles. The fourth-order valence-corrected chi connectivity index (χ4v) is 5.66. The number of aromatic hydroxyl groups is 1. The Morgan fingerprint density at radius 3 is 1.89 bits per heavy atom. The standard InChI is InChI=1S/C36H30F2N2O13/c1-18-2-5-28(25(8-18)40(16-34(47)48)17-35(49)50)51-6-7-52-31-9-19(3-4-24(31)39(14-32(43)44)15-33(45)46)36-20-10-22(37)26(41)12-29(20)53-30-13-27(42)23(38)11-21(30)36/h2-5,8-13,41H,6-7,14-17H2,1H3,(H,43,44)(H,45,46)(H,47,48)(H,49,50). The number of nitrogens with zero attached hydrogens (tertiary/aromatic N) is 2. The minimum Gasteiger partial charge on any atom is -0.505 e. The highest BCUT2D eigenvalue weighted by Gasteiger charge is 2.25. The van der Waals surface area contributed by atoms with E-state index in [0.717, 1.165) is 34.1 Å². The third-order valence-corrected chi connectivity index (χ3v) is 7.79. The zero-order valence-corrected chi connectivity index (χ0v) is 27.7. The topological polar surface area (TPSA) is 225 Å². The van der Waals surface area contributed by atoms with E-state index < -0.39 is 72.9 Å². The van der Waals surface area contributed by atoms with Gasteiger partial charge in [0.15, 0.2) is 17.4 Å². The number of aryl methyl sites for hydroxylation is 1. The molecule has 0 saturated carbocycles. The summed E-state index contributed by atoms with van der Waals surface area (Å²) in [5.74, 6) is -8.37. The second-order valence-electron chi connectivity index (χ2n) is 11.7. The van der Waals surface area contributed by atoms with Crippen molar-refractivity contribution in [3.63, 3.8) is 0 Å². The summed E-state index contributed by atoms with van der Waals surface area (Å²) in [4.78, 5) is 60.7. The van der Waals surface area contributed by atoms with Gasteiger partial charge in [-0.15, -0.1) is 0 Å². The van der Waals surface area contributed by atoms with Gasteiger partial charge >= 0.3 is 23.9 Å². The van der Waals surface area contributed by atoms with Crippen LogP contribution in [0.2, 0.25) is 0 Å². The Kier molecular flexibility index (Phi) is 11.0. The van der Waals surface area contributed by atoms with Gasteiger partial charge in [-0.05, 0) is 54.4 Å². The van der Waals surface area contributed by atoms with Crippen molar-refractivity contribution in [2.75, 3.05) is 49.2 Å². The summed E-state index contributed by atoms with van der Waals surface area (Å²) in [6.45, 7) is -1.67. The van der Waals surface area contributed by atoms with E-state index in [-0.39, 0.29) is 69.5 Å². The minimum atomic E-state index is -1.37. The maximum Gasteiger partial charge on any atom is 0.323 e. The molecule has 1 aliphatic carbocycles. The molecule has 17 heteroatoms. The van der Waals surface area contributed by atoms with Gasteiger partial charge in [-0.2, -0.15) is 0 Å². The zero-order chi connectivity index (χ0) is 38.6. The molecule has 3 aromatic rings. The second kappa shape index (κ2) is 15.5. The molecule has 15 nitrogen and oxygen atoms in total. The molecule has 0 unspecified atom stereocenters. The number of rotatable bonds is 16. The Hall–Kier alpha value is -6.91. The maximum atomic E-state index is 14.7. The predicted molar refractivity (Wildman–Crippen MR) is 183 cm³/mol. The molecular formula is C36H30F2N2O13. The molecule has 0 radical (unpaired) electrons. The highest BCUT2D eigenvalue weighted by Crippen LogP contribution is 2.44. The predicted octanol–water partition coefficient (Wildman–Crippen LogP) is 4.27. The number of aliphatic carboxylic acids is 4. The summed E-state index contributed by atoms with van der Waals surface area (Å²) < 4.78 is 47.0. The molecule has 5 rings (SSSR count). The summed E-state index contributed by atoms with van der Waals surface area (Å²) in [5, 5.41) is 47.9. The summed E-state index contributed by atoms with van der Waals surface area (Å²) in [6.07, 6.45) is 0. The number of benzene rings is 4. The van der Waals surface area contributed by atoms with E-state index in [0.29, 0.717) is 5.56 Å². The summed E-state index contributed by atoms with van der Waals surface area (Å²) in [7, 11) is 0. The maximum absolute atomic E-state index is 14.7. The monoisotopic (exact) mass is 736 g/mol. The van der Waals surface area contributed by atoms with Crippen molar-refractivity contribution < 1.29 is 67.4 Å². The highest BCUT2D eigenvalue weighted by atomic mass is 19.1. The number of fused-ring (bicyclic) bond motifs is 2. The van der Waals surface area contributed by atoms with Gasteiger partial charge in [0.1, 0.15) is 62.2 Å². The average molecular weight is 737 g/mol. The second-order valence-corrected chi connectivity index (χ2v) is 11.7. The first-order valence-electron chi connectivity index (χ1n) is 15.6. The van der Waals surface area contributed by atoms with E-state index in [4.69, 9.17) is 13.9 Å². The molecule has 0 amide bonds. The number of hydrogen-bond donors (Lipinski definition) is 5. The number of carboxylic acid groups (broad SMARTS) is 4. The molecule has 3 aromatic carbocycles. The largest absolute Gasteiger partial charge is 0.505 e. The number of halogens is 2. The molecule has 2 aliphatic rings. The fraction of sp³-hybridized carbons (Fsp3) is 0.194. The van der Waals surface area contributed by atoms with Gasteiger partial charge in [0.2, 0.25) is 5.43 Å². The third-order valence-electron chi connectivity index (χ3n) is 7.79. The van der Waals surface area contributed by atoms with Crippen molar-refractivity contribution in [1.29, 1.82) is 0 Å². The van der Waals surface area contributed by atoms with E-state index in [1.807, 2.05) is 0 Å². The number of anilines is 2. The van der Waals surface area contributed by atoms with E-state index in [1.165, 1.54) is 24.3 Å². The van der Waals surface area contributed by atoms with Gasteiger partial charge in [-0.1, -0.05) is 12.1 Å². The van der Waals surface area contributed by atoms with Crippen LogP contribution in [0.4, 0.5) is 20.2 Å². The van der Waals surface area contributed by atoms with Crippen LogP contribution < -0.4 is 24.7 Å². The quantitative estimate of drug-likeness (QED) is 0.0705. The van der Waals surface area contributed by atoms with E-state index >= 15 is 0 Å². The van der Waals surface area contributed by atoms with Gasteiger partial charge in [-0.25, -0.2) is 8.78 Å². The first kappa shape index (κ1) is 37.3. The molecular weight excluding hydrogens is 706 g/mol. The lowest BCUT2D eigenvalue weighted by atomic mass is 9.93. The van der Waals surface area contributed by atoms with Crippen molar-refractivity contribution in [3.8, 4) is 39.7 Å². The first-order chi connectivity index (χ1) is 25.1. The Morgan fingerprint density at radius 1 is 0.698 bits per heavy atom. The van der Waals surface area contributed by atoms with Gasteiger partial charge in [-0.3, -0.25) is 24.0 Å². The normalized spacial score (nSPS) is 11.0. The van der Waals surface area contributed by atoms with Crippen molar-refractivity contribution >= 4 is 46.2 Å². The lowest BCUT2D eigenvalue weighted by molar-refractivity contribution is -0.138. The van der Waals surface area contributed by atoms with Crippen LogP contribution >= 0.6 is 0 Å². The van der Waals surface area contributed by atoms with Crippen LogP contribution in [0.15, 0.2) is 69.9 Å². The lowest BCUT2D eigenvalue weighted by Gasteiger charge is -2.25. The van der Waals surface area contributed by atoms with Crippen LogP contribution in [0.1, 0.15) is 5.56 Å². The molecule has 0 fully saturated rings. The Labute approximate surface area is 297 Å². The van der Waals surface area contributed by atoms with Crippen molar-refractivity contribution in [1.82, 2.24) is 0 Å². The number of hydrogen-bond acceptors (Lipinski definition) is 11. The Morgan fingerprint density at radius 2 is 1.28 bits per heavy atom. The molecule has 1 heterocycles. The first-order valence-corrected chi connectivity index (χ1v) is 15.6. The lowest BCUT2D eigenvalue weighted by Crippen LogP contribution is -2.35. The summed E-state index contributed by atoms with van der Waals surface area (Å²) in [5.41, 5.74) is 0.109. The summed E-state index contributed by atoms with van der Waals surface area (Å²) in [6, 6.07) is 12.5. The number of ether oxygens (including phenoxy) is 2. The SMILES string of the molecule is Cc1ccc(OCCOc2cc(-c3c4cc(F)c(=O)cc-4oc4cc(O)c(F)cc34)ccc2N(CC(=O)O)CC(=O)O)c(N(CC(=O)O)CC(=O)O)c1. The van der Waals surface area contributed by atoms with E-state index in [1.54, 1.807) is 19.1 Å². The van der Waals surface area contributed by atoms with Crippen LogP contribution in [0.25, 0.3) is 33.4 Å². The highest BCUT2D eigenvalue weighted by molar-refractivity contribution is 6.02. The smallest absolute Gasteiger partial charge is 0.323 e. The van der Waals surface area contributed by atoms with Crippen LogP contribution in [-0.4, -0.2) is 88.8 Å². The molecule has 5 N–H and O–H groups in total. The fourth-order valence-electron chi connectivity index (χ4n) is 5.66. The summed E-state index contributed by atoms with van der Waals surface area (Å²) >= 11 is 0. The van der Waals surface area contributed by atoms with E-state index in [2.05, 4.69) is 0 Å². The molecule has 0 atom stereocenters. The van der Waals surface area contributed by atoms with Gasteiger partial charge in [0.25, 0.3) is 0 Å². The van der Waals surface area contributed by atoms with Crippen molar-refractivity contribution in [2.24, 2.45) is 0 Å². The molecule has 0 aromatic heterocycles. The number of carbonyl (C=O) groups is 4. The van der Waals surface area contributed by atoms with Crippen LogP contribution in [0.3, 0.4) is 0 Å². The van der Waals surface area contributed by atoms with Crippen molar-refractivity contribution in [3.05, 3.63) is 88.1 Å². The van der Waals surface area contributed by atoms with Gasteiger partial charge in [0.05, 0.1) is 11.4 Å². The van der Waals surface area contributed by atoms with Crippen LogP contribution in [0, 0.1) is 18.6 Å². The number of phenolic OH excluding ortho intramolecular Hbond substituents is 1. The molecule has 276 valence electrons. The molecule has 0 saturated heterocycles. The number of carboxylic acids is 4. The van der Waals surface area contributed by atoms with Crippen LogP contribution in [-0.2, 0) is 19.2 Å².